The first-order chi connectivity index (χ1) is 19.9. The van der Waals surface area contributed by atoms with Crippen molar-refractivity contribution < 1.29 is 64.5 Å². The molecule has 3 heterocycles. The number of hydrogen-bond donors (Lipinski definition) is 1. The molecule has 1 unspecified atom stereocenters. The predicted molar refractivity (Wildman–Crippen MR) is 133 cm³/mol. The van der Waals surface area contributed by atoms with Crippen molar-refractivity contribution in [3.63, 3.8) is 0 Å². The molecule has 43 heavy (non-hydrogen) atoms. The van der Waals surface area contributed by atoms with Gasteiger partial charge in [-0.2, -0.15) is 39.0 Å². The van der Waals surface area contributed by atoms with Crippen molar-refractivity contribution in [2.45, 2.75) is 75.8 Å². The van der Waals surface area contributed by atoms with E-state index in [0.717, 1.165) is 38.0 Å². The first-order valence-corrected chi connectivity index (χ1v) is 12.8. The summed E-state index contributed by atoms with van der Waals surface area (Å²) in [6, 6.07) is 0. The summed E-state index contributed by atoms with van der Waals surface area (Å²) in [5.74, 6) is -4.35. The molecule has 5 atom stereocenters. The number of hydrogen-bond acceptors (Lipinski definition) is 12. The minimum Gasteiger partial charge on any atom is -0.463 e. The number of amides is 1. The van der Waals surface area contributed by atoms with E-state index in [-0.39, 0.29) is 11.2 Å². The number of halogens is 6. The Balaban J connectivity index is 2.04. The summed E-state index contributed by atoms with van der Waals surface area (Å²) in [5.41, 5.74) is -0.516. The molecule has 20 heteroatoms. The van der Waals surface area contributed by atoms with Gasteiger partial charge in [0, 0.05) is 27.2 Å². The van der Waals surface area contributed by atoms with E-state index < -0.39 is 97.8 Å². The Hall–Kier alpha value is -3.68. The number of ether oxygens (including phenoxy) is 4. The topological polar surface area (TPSA) is 152 Å². The molecule has 0 radical (unpaired) electrons. The van der Waals surface area contributed by atoms with Crippen molar-refractivity contribution in [2.75, 3.05) is 18.1 Å². The molecule has 0 saturated carbocycles. The third kappa shape index (κ3) is 8.68. The summed E-state index contributed by atoms with van der Waals surface area (Å²) in [4.78, 5) is 60.2. The average Bonchev–Trinajstić information content (AvgIpc) is 3.44. The van der Waals surface area contributed by atoms with Crippen molar-refractivity contribution in [3.05, 3.63) is 12.7 Å². The maximum atomic E-state index is 13.2. The van der Waals surface area contributed by atoms with Crippen LogP contribution in [0.5, 0.6) is 0 Å². The standard InChI is InChI=1S/C23H25F6N5O8S/c1-10(35)33(7-22(24,25)26)19-16-20(31-8-30-19)34(9-32-16)21-18(42-15(38)5-4-14(43)23(27,28)29)17(40-12(3)37)13(41-21)6-39-11(2)36/h8-9,13-14,17-18,21,43H,4-7H2,1-3H3/t13-,14?,17-,18-,21-/m1/s1. The van der Waals surface area contributed by atoms with Crippen LogP contribution in [0.4, 0.5) is 32.2 Å². The molecule has 1 aliphatic rings. The molecule has 1 saturated heterocycles. The maximum Gasteiger partial charge on any atom is 0.406 e. The molecule has 0 aromatic carbocycles. The lowest BCUT2D eigenvalue weighted by molar-refractivity contribution is -0.168. The highest BCUT2D eigenvalue weighted by Gasteiger charge is 2.51. The Morgan fingerprint density at radius 2 is 1.70 bits per heavy atom. The Morgan fingerprint density at radius 1 is 1.02 bits per heavy atom. The lowest BCUT2D eigenvalue weighted by Crippen LogP contribution is -2.41. The van der Waals surface area contributed by atoms with Gasteiger partial charge in [-0.3, -0.25) is 28.6 Å². The van der Waals surface area contributed by atoms with Crippen LogP contribution in [-0.2, 0) is 38.1 Å². The number of rotatable bonds is 10. The maximum absolute atomic E-state index is 13.2. The fraction of sp³-hybridized carbons (Fsp3) is 0.609. The fourth-order valence-corrected chi connectivity index (χ4v) is 4.22. The highest BCUT2D eigenvalue weighted by molar-refractivity contribution is 7.81. The summed E-state index contributed by atoms with van der Waals surface area (Å²) in [5, 5.41) is -2.15. The number of thiol groups is 1. The van der Waals surface area contributed by atoms with Gasteiger partial charge in [0.05, 0.1) is 11.6 Å². The Bertz CT molecular complexity index is 1360. The quantitative estimate of drug-likeness (QED) is 0.176. The summed E-state index contributed by atoms with van der Waals surface area (Å²) < 4.78 is 101. The van der Waals surface area contributed by atoms with Gasteiger partial charge in [-0.25, -0.2) is 15.0 Å². The number of carbonyl (C=O) groups is 4. The molecule has 1 amide bonds. The second-order valence-corrected chi connectivity index (χ2v) is 9.86. The zero-order chi connectivity index (χ0) is 32.3. The molecule has 2 aromatic heterocycles. The van der Waals surface area contributed by atoms with Crippen molar-refractivity contribution in [2.24, 2.45) is 0 Å². The number of carbonyl (C=O) groups excluding carboxylic acids is 4. The second-order valence-electron chi connectivity index (χ2n) is 9.23. The van der Waals surface area contributed by atoms with Crippen LogP contribution in [0.15, 0.2) is 12.7 Å². The van der Waals surface area contributed by atoms with Gasteiger partial charge in [-0.1, -0.05) is 0 Å². The first-order valence-electron chi connectivity index (χ1n) is 12.3. The summed E-state index contributed by atoms with van der Waals surface area (Å²) in [6.07, 6.45) is -15.1. The Morgan fingerprint density at radius 3 is 2.26 bits per heavy atom. The monoisotopic (exact) mass is 645 g/mol. The molecule has 13 nitrogen and oxygen atoms in total. The van der Waals surface area contributed by atoms with Gasteiger partial charge in [0.25, 0.3) is 0 Å². The molecule has 1 fully saturated rings. The van der Waals surface area contributed by atoms with Crippen LogP contribution in [0, 0.1) is 0 Å². The molecule has 0 aliphatic carbocycles. The predicted octanol–water partition coefficient (Wildman–Crippen LogP) is 2.69. The molecular weight excluding hydrogens is 620 g/mol. The van der Waals surface area contributed by atoms with Crippen LogP contribution in [0.25, 0.3) is 11.2 Å². The average molecular weight is 646 g/mol. The molecule has 1 aliphatic heterocycles. The third-order valence-electron chi connectivity index (χ3n) is 5.89. The zero-order valence-electron chi connectivity index (χ0n) is 22.6. The van der Waals surface area contributed by atoms with E-state index in [1.807, 2.05) is 0 Å². The number of aromatic nitrogens is 4. The van der Waals surface area contributed by atoms with Gasteiger partial charge >= 0.3 is 30.3 Å². The van der Waals surface area contributed by atoms with Gasteiger partial charge in [0.1, 0.15) is 25.6 Å². The molecule has 2 aromatic rings. The highest BCUT2D eigenvalue weighted by atomic mass is 32.1. The number of fused-ring (bicyclic) bond motifs is 1. The van der Waals surface area contributed by atoms with Crippen molar-refractivity contribution in [3.8, 4) is 0 Å². The highest BCUT2D eigenvalue weighted by Crippen LogP contribution is 2.37. The summed E-state index contributed by atoms with van der Waals surface area (Å²) in [7, 11) is 0. The largest absolute Gasteiger partial charge is 0.463 e. The van der Waals surface area contributed by atoms with Crippen LogP contribution < -0.4 is 4.90 Å². The van der Waals surface area contributed by atoms with E-state index in [9.17, 15) is 45.5 Å². The van der Waals surface area contributed by atoms with Gasteiger partial charge in [-0.15, -0.1) is 0 Å². The number of esters is 3. The Labute approximate surface area is 244 Å². The molecule has 0 spiro atoms. The van der Waals surface area contributed by atoms with Gasteiger partial charge < -0.3 is 18.9 Å². The SMILES string of the molecule is CC(=O)OC[C@H]1O[C@@H](n2cnc3c(N(CC(F)(F)F)C(C)=O)ncnc32)[C@H](OC(=O)CCC(S)C(F)(F)F)[C@@H]1OC(C)=O. The van der Waals surface area contributed by atoms with E-state index >= 15 is 0 Å². The summed E-state index contributed by atoms with van der Waals surface area (Å²) in [6.45, 7) is 0.727. The van der Waals surface area contributed by atoms with E-state index in [0.29, 0.717) is 4.90 Å². The fourth-order valence-electron chi connectivity index (χ4n) is 4.09. The number of nitrogens with zero attached hydrogens (tertiary/aromatic N) is 5. The number of anilines is 1. The van der Waals surface area contributed by atoms with Crippen molar-refractivity contribution in [1.82, 2.24) is 19.5 Å². The van der Waals surface area contributed by atoms with E-state index in [4.69, 9.17) is 18.9 Å². The van der Waals surface area contributed by atoms with Gasteiger partial charge in [-0.05, 0) is 6.42 Å². The van der Waals surface area contributed by atoms with Crippen LogP contribution in [0.2, 0.25) is 0 Å². The lowest BCUT2D eigenvalue weighted by atomic mass is 10.1. The van der Waals surface area contributed by atoms with Gasteiger partial charge in [0.2, 0.25) is 5.91 Å². The van der Waals surface area contributed by atoms with Crippen LogP contribution in [-0.4, -0.2) is 92.4 Å². The van der Waals surface area contributed by atoms with E-state index in [1.165, 1.54) is 0 Å². The third-order valence-corrected chi connectivity index (χ3v) is 6.44. The van der Waals surface area contributed by atoms with Crippen LogP contribution in [0.3, 0.4) is 0 Å². The van der Waals surface area contributed by atoms with E-state index in [1.54, 1.807) is 0 Å². The Kier molecular flexibility index (Phi) is 10.5. The minimum atomic E-state index is -4.81. The second kappa shape index (κ2) is 13.3. The lowest BCUT2D eigenvalue weighted by Gasteiger charge is -2.25. The normalized spacial score (nSPS) is 21.3. The smallest absolute Gasteiger partial charge is 0.406 e. The molecule has 0 bridgehead atoms. The van der Waals surface area contributed by atoms with Crippen molar-refractivity contribution >= 4 is 53.4 Å². The summed E-state index contributed by atoms with van der Waals surface area (Å²) >= 11 is 3.43. The van der Waals surface area contributed by atoms with Gasteiger partial charge in [0.15, 0.2) is 35.4 Å². The first kappa shape index (κ1) is 33.8. The molecule has 3 rings (SSSR count). The van der Waals surface area contributed by atoms with E-state index in [2.05, 4.69) is 27.6 Å². The molecule has 0 N–H and O–H groups in total. The number of imidazole rings is 1. The molecule has 238 valence electrons. The van der Waals surface area contributed by atoms with Crippen molar-refractivity contribution in [1.29, 1.82) is 0 Å². The van der Waals surface area contributed by atoms with Crippen LogP contribution in [0.1, 0.15) is 39.8 Å². The minimum absolute atomic E-state index is 0.216. The zero-order valence-corrected chi connectivity index (χ0v) is 23.5. The number of alkyl halides is 6. The molecular formula is C23H25F6N5O8S. The van der Waals surface area contributed by atoms with Crippen LogP contribution >= 0.6 is 12.6 Å².